The van der Waals surface area contributed by atoms with Crippen molar-refractivity contribution in [1.29, 1.82) is 0 Å². The number of phenols is 2. The number of nitrogens with zero attached hydrogens (tertiary/aromatic N) is 1. The van der Waals surface area contributed by atoms with E-state index in [2.05, 4.69) is 53.2 Å². The van der Waals surface area contributed by atoms with Gasteiger partial charge in [-0.1, -0.05) is 59.7 Å². The third-order valence-electron chi connectivity index (χ3n) is 15.4. The fourth-order valence-electron chi connectivity index (χ4n) is 10.00. The molecule has 2 aliphatic rings. The molecule has 0 aliphatic carbocycles. The molecule has 2 fully saturated rings. The Balaban J connectivity index is 1.88. The summed E-state index contributed by atoms with van der Waals surface area (Å²) in [6.07, 6.45) is -5.53. The zero-order valence-electron chi connectivity index (χ0n) is 54.3. The molecule has 2 aromatic carbocycles. The number of aromatic hydroxyl groups is 2. The average molecular weight is 1430 g/mol. The minimum absolute atomic E-state index is 0.0688. The van der Waals surface area contributed by atoms with Crippen molar-refractivity contribution in [2.75, 3.05) is 30.1 Å². The second-order valence-corrected chi connectivity index (χ2v) is 27.2. The van der Waals surface area contributed by atoms with E-state index in [4.69, 9.17) is 22.9 Å². The molecule has 2 heterocycles. The van der Waals surface area contributed by atoms with Gasteiger partial charge in [0, 0.05) is 37.3 Å². The van der Waals surface area contributed by atoms with Crippen LogP contribution in [0.1, 0.15) is 83.8 Å². The number of amides is 14. The van der Waals surface area contributed by atoms with Crippen molar-refractivity contribution in [2.45, 2.75) is 170 Å². The zero-order valence-corrected chi connectivity index (χ0v) is 56.8. The highest BCUT2D eigenvalue weighted by molar-refractivity contribution is 8.76. The number of hydrogen-bond acceptors (Lipinski definition) is 23. The minimum atomic E-state index is -2.00. The molecule has 0 radical (unpaired) electrons. The summed E-state index contributed by atoms with van der Waals surface area (Å²) in [5, 5.41) is 76.0. The molecule has 2 aliphatic heterocycles. The predicted molar refractivity (Wildman–Crippen MR) is 355 cm³/mol. The van der Waals surface area contributed by atoms with Crippen molar-refractivity contribution in [3.63, 3.8) is 0 Å². The highest BCUT2D eigenvalue weighted by Gasteiger charge is 2.43. The van der Waals surface area contributed by atoms with E-state index in [0.717, 1.165) is 40.3 Å². The first-order valence-corrected chi connectivity index (χ1v) is 34.8. The van der Waals surface area contributed by atoms with Gasteiger partial charge in [-0.05, 0) is 92.8 Å². The average Bonchev–Trinajstić information content (AvgIpc) is 1.57. The molecule has 14 amide bonds. The van der Waals surface area contributed by atoms with Crippen LogP contribution < -0.4 is 76.1 Å². The Hall–Kier alpha value is -8.98. The van der Waals surface area contributed by atoms with Crippen LogP contribution in [-0.2, 0) is 84.8 Å². The number of rotatable bonds is 22. The van der Waals surface area contributed by atoms with Crippen molar-refractivity contribution in [1.82, 2.24) is 58.1 Å². The summed E-state index contributed by atoms with van der Waals surface area (Å²) >= 11 is 1.22. The highest BCUT2D eigenvalue weighted by Crippen LogP contribution is 2.25. The van der Waals surface area contributed by atoms with E-state index in [9.17, 15) is 97.5 Å². The van der Waals surface area contributed by atoms with Gasteiger partial charge in [0.05, 0.1) is 31.1 Å². The quantitative estimate of drug-likeness (QED) is 0.0488. The summed E-state index contributed by atoms with van der Waals surface area (Å²) in [4.78, 5) is 207. The molecule has 14 atom stereocenters. The van der Waals surface area contributed by atoms with Gasteiger partial charge in [-0.15, -0.1) is 0 Å². The van der Waals surface area contributed by atoms with Gasteiger partial charge in [0.25, 0.3) is 0 Å². The molecule has 0 bridgehead atoms. The number of carboxylic acids is 1. The number of thioether (sulfide) groups is 1. The number of nitrogens with two attached hydrogens (primary N) is 4. The first kappa shape index (κ1) is 81.4. The maximum absolute atomic E-state index is 14.6. The molecule has 23 N–H and O–H groups in total. The van der Waals surface area contributed by atoms with Crippen molar-refractivity contribution in [3.05, 3.63) is 59.7 Å². The van der Waals surface area contributed by atoms with Crippen LogP contribution in [0.2, 0.25) is 0 Å². The number of fused-ring (bicyclic) bond motifs is 1. The van der Waals surface area contributed by atoms with E-state index in [1.165, 1.54) is 74.1 Å². The van der Waals surface area contributed by atoms with Crippen molar-refractivity contribution in [2.24, 2.45) is 28.9 Å². The Labute approximate surface area is 575 Å². The van der Waals surface area contributed by atoms with E-state index in [1.54, 1.807) is 6.26 Å². The molecular formula is C60H87N15O20S3. The monoisotopic (exact) mass is 1430 g/mol. The maximum Gasteiger partial charge on any atom is 0.326 e. The number of carbonyl (C=O) groups excluding carboxylic acids is 14. The van der Waals surface area contributed by atoms with E-state index < -0.39 is 217 Å². The summed E-state index contributed by atoms with van der Waals surface area (Å²) in [6, 6.07) is -9.75. The smallest absolute Gasteiger partial charge is 0.326 e. The molecule has 0 aromatic heterocycles. The molecular weight excluding hydrogens is 1350 g/mol. The lowest BCUT2D eigenvalue weighted by Gasteiger charge is -2.31. The fourth-order valence-corrected chi connectivity index (χ4v) is 12.8. The van der Waals surface area contributed by atoms with Gasteiger partial charge >= 0.3 is 5.97 Å². The molecule has 0 unspecified atom stereocenters. The van der Waals surface area contributed by atoms with Crippen molar-refractivity contribution in [3.8, 4) is 11.5 Å². The van der Waals surface area contributed by atoms with Gasteiger partial charge in [-0.25, -0.2) is 4.79 Å². The molecule has 0 saturated carbocycles. The highest BCUT2D eigenvalue weighted by atomic mass is 33.1. The number of aliphatic hydroxyl groups excluding tert-OH is 2. The van der Waals surface area contributed by atoms with E-state index in [-0.39, 0.29) is 60.8 Å². The van der Waals surface area contributed by atoms with Crippen LogP contribution in [0.15, 0.2) is 48.5 Å². The second kappa shape index (κ2) is 39.4. The number of primary amides is 3. The van der Waals surface area contributed by atoms with Gasteiger partial charge in [0.15, 0.2) is 0 Å². The van der Waals surface area contributed by atoms with Crippen LogP contribution in [-0.4, -0.2) is 234 Å². The number of aliphatic carboxylic acids is 1. The lowest BCUT2D eigenvalue weighted by Crippen LogP contribution is -2.63. The van der Waals surface area contributed by atoms with Gasteiger partial charge in [-0.2, -0.15) is 11.8 Å². The Kier molecular flexibility index (Phi) is 32.8. The Morgan fingerprint density at radius 3 is 1.55 bits per heavy atom. The summed E-state index contributed by atoms with van der Waals surface area (Å²) in [5.74, 6) is -18.6. The van der Waals surface area contributed by atoms with Gasteiger partial charge in [0.2, 0.25) is 82.7 Å². The molecule has 4 rings (SSSR count). The van der Waals surface area contributed by atoms with Gasteiger partial charge < -0.3 is 107 Å². The number of aliphatic hydroxyl groups is 2. The van der Waals surface area contributed by atoms with Crippen LogP contribution >= 0.6 is 33.3 Å². The van der Waals surface area contributed by atoms with Crippen LogP contribution in [0.25, 0.3) is 0 Å². The minimum Gasteiger partial charge on any atom is -0.508 e. The SMILES string of the molecule is CSCC[C@@H]1NC(=O)[C@H](CCC(N)=O)NC(=O)[C@H](Cc2ccc(O)cc2)NC(=O)[C@H]([C@@H](C)O)NC(=O)[C@H]([C@@H](C)O)NC(=O)[C@@H]2CCCN2C(=O)[C@H](CC(N)=O)NC(=O)[C@H](Cc2ccc(O)cc2)NC(=O)[C@@H](N)CSSC[C@@H](C(=O)N[C@H](C(=O)N[C@@H](CC(N)=O)C(=O)O)C(C)C)NC1=O. The van der Waals surface area contributed by atoms with E-state index in [0.29, 0.717) is 5.56 Å². The summed E-state index contributed by atoms with van der Waals surface area (Å²) in [7, 11) is 1.72. The topological polar surface area (TPSA) is 585 Å². The normalized spacial score (nSPS) is 24.6. The summed E-state index contributed by atoms with van der Waals surface area (Å²) < 4.78 is 0. The fraction of sp³-hybridized carbons (Fsp3) is 0.550. The van der Waals surface area contributed by atoms with Gasteiger partial charge in [-0.3, -0.25) is 67.1 Å². The zero-order chi connectivity index (χ0) is 73.2. The van der Waals surface area contributed by atoms with Crippen LogP contribution in [0.5, 0.6) is 11.5 Å². The lowest BCUT2D eigenvalue weighted by atomic mass is 10.0. The molecule has 98 heavy (non-hydrogen) atoms. The Morgan fingerprint density at radius 2 is 1.06 bits per heavy atom. The molecule has 0 spiro atoms. The predicted octanol–water partition coefficient (Wildman–Crippen LogP) is -6.28. The molecule has 38 heteroatoms. The van der Waals surface area contributed by atoms with E-state index >= 15 is 0 Å². The lowest BCUT2D eigenvalue weighted by molar-refractivity contribution is -0.144. The Bertz CT molecular complexity index is 3210. The molecule has 2 saturated heterocycles. The molecule has 35 nitrogen and oxygen atoms in total. The number of carbonyl (C=O) groups is 15. The summed E-state index contributed by atoms with van der Waals surface area (Å²) in [6.45, 7) is 4.96. The largest absolute Gasteiger partial charge is 0.508 e. The first-order chi connectivity index (χ1) is 46.1. The third-order valence-corrected chi connectivity index (χ3v) is 18.5. The standard InChI is InChI=1S/C60H87N15O20S3/c1-27(2)46(56(90)70-40(60(94)95)24-45(64)82)72-54(88)41-26-98-97-25-34(61)49(83)67-37(21-30-8-12-32(78)13-9-30)53(87)69-39(23-44(63)81)59(93)75-19-6-7-42(75)55(89)73-48(29(4)77)58(92)74-47(28(3)76)57(91)68-38(22-31-10-14-33(79)15-11-31)52(86)65-35(16-17-43(62)80)50(84)66-36(18-20-96-5)51(85)71-41/h8-15,27-29,34-42,46-48,76-79H,6-7,16-26,61H2,1-5H3,(H2,62,80)(H2,63,81)(H2,64,82)(H,65,86)(H,66,84)(H,67,83)(H,68,91)(H,69,87)(H,70,90)(H,71,85)(H,72,88)(H,73,89)(H,74,92)(H,94,95)/t28-,29-,34+,35+,36+,37+,38+,39+,40+,41+,42+,46+,47+,48+/m1/s1. The number of carboxylic acid groups (broad SMARTS) is 1. The third kappa shape index (κ3) is 26.1. The van der Waals surface area contributed by atoms with Crippen LogP contribution in [0.4, 0.5) is 0 Å². The summed E-state index contributed by atoms with van der Waals surface area (Å²) in [5.41, 5.74) is 23.3. The molecule has 540 valence electrons. The Morgan fingerprint density at radius 1 is 0.592 bits per heavy atom. The second-order valence-electron chi connectivity index (χ2n) is 23.7. The number of benzene rings is 2. The number of hydrogen-bond donors (Lipinski definition) is 19. The number of nitrogens with one attached hydrogen (secondary N) is 10. The van der Waals surface area contributed by atoms with Crippen LogP contribution in [0.3, 0.4) is 0 Å². The van der Waals surface area contributed by atoms with E-state index in [1.807, 2.05) is 0 Å². The number of phenolic OH excluding ortho intramolecular Hbond substituents is 2. The van der Waals surface area contributed by atoms with Crippen molar-refractivity contribution >= 4 is 122 Å². The van der Waals surface area contributed by atoms with Gasteiger partial charge in [0.1, 0.15) is 78.0 Å². The van der Waals surface area contributed by atoms with Crippen LogP contribution in [0, 0.1) is 5.92 Å². The first-order valence-electron chi connectivity index (χ1n) is 30.9. The molecule has 2 aromatic rings. The maximum atomic E-state index is 14.6. The van der Waals surface area contributed by atoms with Crippen molar-refractivity contribution < 1.29 is 97.5 Å².